The molecular weight excluding hydrogens is 508 g/mol. The molecule has 1 amide bonds. The van der Waals surface area contributed by atoms with Gasteiger partial charge >= 0.3 is 0 Å². The maximum absolute atomic E-state index is 13.4. The number of hydrogen-bond acceptors (Lipinski definition) is 4. The van der Waals surface area contributed by atoms with Gasteiger partial charge in [-0.3, -0.25) is 4.79 Å². The molecule has 3 aromatic carbocycles. The number of benzene rings is 3. The SMILES string of the molecule is O=C(CCc1ccccc1)N(Cc1cnc[nH]1)c1ccc2c(c1)C(NS(=O)(=O)c1cccc(Cl)c1)CC2. The lowest BCUT2D eigenvalue weighted by Gasteiger charge is -2.24. The van der Waals surface area contributed by atoms with Gasteiger partial charge in [0.25, 0.3) is 0 Å². The average Bonchev–Trinajstić information content (AvgIpc) is 3.56. The monoisotopic (exact) mass is 534 g/mol. The van der Waals surface area contributed by atoms with Crippen molar-refractivity contribution in [2.45, 2.75) is 43.2 Å². The predicted octanol–water partition coefficient (Wildman–Crippen LogP) is 5.19. The van der Waals surface area contributed by atoms with Crippen molar-refractivity contribution in [3.8, 4) is 0 Å². The van der Waals surface area contributed by atoms with Gasteiger partial charge in [0, 0.05) is 29.4 Å². The first kappa shape index (κ1) is 25.2. The van der Waals surface area contributed by atoms with Crippen molar-refractivity contribution in [3.05, 3.63) is 113 Å². The maximum Gasteiger partial charge on any atom is 0.241 e. The molecule has 0 saturated heterocycles. The van der Waals surface area contributed by atoms with E-state index < -0.39 is 16.1 Å². The molecule has 1 aliphatic rings. The van der Waals surface area contributed by atoms with Crippen LogP contribution in [0.2, 0.25) is 5.02 Å². The van der Waals surface area contributed by atoms with Crippen molar-refractivity contribution in [3.63, 3.8) is 0 Å². The summed E-state index contributed by atoms with van der Waals surface area (Å²) in [6.45, 7) is 0.339. The van der Waals surface area contributed by atoms with Gasteiger partial charge in [-0.15, -0.1) is 0 Å². The van der Waals surface area contributed by atoms with Gasteiger partial charge in [-0.1, -0.05) is 54.1 Å². The Hall–Kier alpha value is -3.46. The Kier molecular flexibility index (Phi) is 7.41. The Morgan fingerprint density at radius 3 is 2.68 bits per heavy atom. The zero-order valence-corrected chi connectivity index (χ0v) is 21.7. The molecule has 37 heavy (non-hydrogen) atoms. The third-order valence-electron chi connectivity index (χ3n) is 6.58. The lowest BCUT2D eigenvalue weighted by molar-refractivity contribution is -0.118. The maximum atomic E-state index is 13.4. The van der Waals surface area contributed by atoms with Crippen LogP contribution < -0.4 is 9.62 Å². The van der Waals surface area contributed by atoms with Crippen LogP contribution >= 0.6 is 11.6 Å². The van der Waals surface area contributed by atoms with E-state index in [0.29, 0.717) is 30.8 Å². The number of carbonyl (C=O) groups is 1. The lowest BCUT2D eigenvalue weighted by atomic mass is 10.1. The first-order valence-corrected chi connectivity index (χ1v) is 14.0. The number of nitrogens with one attached hydrogen (secondary N) is 2. The third-order valence-corrected chi connectivity index (χ3v) is 8.28. The highest BCUT2D eigenvalue weighted by atomic mass is 35.5. The number of H-pyrrole nitrogens is 1. The summed E-state index contributed by atoms with van der Waals surface area (Å²) in [5.74, 6) is -0.0209. The molecule has 9 heteroatoms. The second kappa shape index (κ2) is 10.9. The fraction of sp³-hybridized carbons (Fsp3) is 0.214. The number of aryl methyl sites for hydroxylation is 2. The number of carbonyl (C=O) groups excluding carboxylic acids is 1. The highest BCUT2D eigenvalue weighted by Crippen LogP contribution is 2.36. The first-order valence-electron chi connectivity index (χ1n) is 12.1. The molecule has 1 atom stereocenters. The normalized spacial score (nSPS) is 14.9. The number of hydrogen-bond donors (Lipinski definition) is 2. The Morgan fingerprint density at radius 2 is 1.92 bits per heavy atom. The van der Waals surface area contributed by atoms with Crippen molar-refractivity contribution in [1.29, 1.82) is 0 Å². The molecule has 1 aliphatic carbocycles. The third kappa shape index (κ3) is 5.93. The van der Waals surface area contributed by atoms with E-state index in [4.69, 9.17) is 11.6 Å². The minimum Gasteiger partial charge on any atom is -0.347 e. The van der Waals surface area contributed by atoms with E-state index in [1.54, 1.807) is 29.6 Å². The number of halogens is 1. The average molecular weight is 535 g/mol. The summed E-state index contributed by atoms with van der Waals surface area (Å²) < 4.78 is 29.0. The number of imidazole rings is 1. The summed E-state index contributed by atoms with van der Waals surface area (Å²) in [7, 11) is -3.77. The van der Waals surface area contributed by atoms with Crippen LogP contribution in [0.3, 0.4) is 0 Å². The van der Waals surface area contributed by atoms with E-state index >= 15 is 0 Å². The predicted molar refractivity (Wildman–Crippen MR) is 144 cm³/mol. The molecule has 0 saturated carbocycles. The van der Waals surface area contributed by atoms with Gasteiger partial charge in [-0.05, 0) is 66.3 Å². The van der Waals surface area contributed by atoms with Crippen molar-refractivity contribution in [2.75, 3.05) is 4.90 Å². The molecule has 0 aliphatic heterocycles. The molecule has 1 aromatic heterocycles. The number of fused-ring (bicyclic) bond motifs is 1. The molecule has 0 bridgehead atoms. The van der Waals surface area contributed by atoms with Crippen LogP contribution in [0.25, 0.3) is 0 Å². The molecule has 5 rings (SSSR count). The number of sulfonamides is 1. The molecule has 7 nitrogen and oxygen atoms in total. The number of aromatic nitrogens is 2. The molecule has 1 heterocycles. The number of rotatable bonds is 9. The Bertz CT molecular complexity index is 1490. The van der Waals surface area contributed by atoms with Crippen molar-refractivity contribution < 1.29 is 13.2 Å². The molecular formula is C28H27ClN4O3S. The molecule has 4 aromatic rings. The standard InChI is InChI=1S/C28H27ClN4O3S/c29-22-7-4-8-25(15-22)37(35,36)32-27-13-11-21-10-12-24(16-26(21)27)33(18-23-17-30-19-31-23)28(34)14-9-20-5-2-1-3-6-20/h1-8,10,12,15-17,19,27,32H,9,11,13-14,18H2,(H,30,31). The minimum absolute atomic E-state index is 0.0209. The quantitative estimate of drug-likeness (QED) is 0.309. The summed E-state index contributed by atoms with van der Waals surface area (Å²) in [5.41, 5.74) is 4.59. The minimum atomic E-state index is -3.77. The van der Waals surface area contributed by atoms with Crippen LogP contribution in [0.4, 0.5) is 5.69 Å². The lowest BCUT2D eigenvalue weighted by Crippen LogP contribution is -2.31. The van der Waals surface area contributed by atoms with Gasteiger partial charge in [-0.2, -0.15) is 0 Å². The van der Waals surface area contributed by atoms with Crippen LogP contribution in [0.1, 0.15) is 41.3 Å². The van der Waals surface area contributed by atoms with E-state index in [9.17, 15) is 13.2 Å². The largest absolute Gasteiger partial charge is 0.347 e. The van der Waals surface area contributed by atoms with Crippen LogP contribution in [0.15, 0.2) is 90.2 Å². The van der Waals surface area contributed by atoms with E-state index in [0.717, 1.165) is 34.5 Å². The Labute approximate surface area is 221 Å². The molecule has 2 N–H and O–H groups in total. The van der Waals surface area contributed by atoms with Gasteiger partial charge in [0.1, 0.15) is 0 Å². The van der Waals surface area contributed by atoms with Crippen LogP contribution in [-0.4, -0.2) is 24.3 Å². The summed E-state index contributed by atoms with van der Waals surface area (Å²) in [4.78, 5) is 22.5. The first-order chi connectivity index (χ1) is 17.9. The smallest absolute Gasteiger partial charge is 0.241 e. The van der Waals surface area contributed by atoms with Gasteiger partial charge in [-0.25, -0.2) is 18.1 Å². The summed E-state index contributed by atoms with van der Waals surface area (Å²) in [5, 5.41) is 0.362. The second-order valence-corrected chi connectivity index (χ2v) is 11.2. The van der Waals surface area contributed by atoms with E-state index in [2.05, 4.69) is 14.7 Å². The highest BCUT2D eigenvalue weighted by Gasteiger charge is 2.29. The van der Waals surface area contributed by atoms with E-state index in [1.807, 2.05) is 48.5 Å². The summed E-state index contributed by atoms with van der Waals surface area (Å²) >= 11 is 6.02. The van der Waals surface area contributed by atoms with Crippen LogP contribution in [0, 0.1) is 0 Å². The molecule has 1 unspecified atom stereocenters. The van der Waals surface area contributed by atoms with Crippen molar-refractivity contribution in [1.82, 2.24) is 14.7 Å². The fourth-order valence-corrected chi connectivity index (χ4v) is 6.22. The van der Waals surface area contributed by atoms with Crippen LogP contribution in [-0.2, 0) is 34.2 Å². The summed E-state index contributed by atoms with van der Waals surface area (Å²) in [6.07, 6.45) is 5.66. The van der Waals surface area contributed by atoms with Gasteiger partial charge in [0.05, 0.1) is 23.5 Å². The fourth-order valence-electron chi connectivity index (χ4n) is 4.67. The van der Waals surface area contributed by atoms with Gasteiger partial charge in [0.2, 0.25) is 15.9 Å². The molecule has 190 valence electrons. The summed E-state index contributed by atoms with van der Waals surface area (Å²) in [6, 6.07) is 21.6. The molecule has 0 spiro atoms. The molecule has 0 radical (unpaired) electrons. The zero-order chi connectivity index (χ0) is 25.8. The number of aromatic amines is 1. The number of nitrogens with zero attached hydrogens (tertiary/aromatic N) is 2. The Balaban J connectivity index is 1.40. The van der Waals surface area contributed by atoms with Crippen molar-refractivity contribution >= 4 is 33.2 Å². The highest BCUT2D eigenvalue weighted by molar-refractivity contribution is 7.89. The van der Waals surface area contributed by atoms with Crippen molar-refractivity contribution in [2.24, 2.45) is 0 Å². The van der Waals surface area contributed by atoms with Gasteiger partial charge in [0.15, 0.2) is 0 Å². The number of amides is 1. The van der Waals surface area contributed by atoms with Gasteiger partial charge < -0.3 is 9.88 Å². The van der Waals surface area contributed by atoms with Crippen LogP contribution in [0.5, 0.6) is 0 Å². The topological polar surface area (TPSA) is 95.2 Å². The van der Waals surface area contributed by atoms with E-state index in [1.165, 1.54) is 12.1 Å². The second-order valence-electron chi connectivity index (χ2n) is 9.10. The number of anilines is 1. The Morgan fingerprint density at radius 1 is 1.08 bits per heavy atom. The van der Waals surface area contributed by atoms with E-state index in [-0.39, 0.29) is 10.8 Å². The zero-order valence-electron chi connectivity index (χ0n) is 20.1. The molecule has 0 fully saturated rings.